The lowest BCUT2D eigenvalue weighted by molar-refractivity contribution is 0.102. The molecule has 1 amide bonds. The number of benzene rings is 2. The molecule has 0 radical (unpaired) electrons. The van der Waals surface area contributed by atoms with Gasteiger partial charge in [0.15, 0.2) is 9.84 Å². The number of aryl methyl sites for hydroxylation is 1. The minimum absolute atomic E-state index is 0.0409. The van der Waals surface area contributed by atoms with Gasteiger partial charge in [-0.2, -0.15) is 13.9 Å². The number of hydrogen-bond donors (Lipinski definition) is 1. The first-order valence-electron chi connectivity index (χ1n) is 9.30. The van der Waals surface area contributed by atoms with Crippen molar-refractivity contribution in [1.82, 2.24) is 9.78 Å². The number of nitrogens with one attached hydrogen (secondary N) is 1. The van der Waals surface area contributed by atoms with E-state index in [2.05, 4.69) is 10.4 Å². The number of halogens is 2. The van der Waals surface area contributed by atoms with Crippen LogP contribution in [0, 0.1) is 6.92 Å². The Bertz CT molecular complexity index is 1430. The number of sulfone groups is 2. The van der Waals surface area contributed by atoms with Gasteiger partial charge in [0, 0.05) is 5.56 Å². The maximum atomic E-state index is 13.1. The van der Waals surface area contributed by atoms with Gasteiger partial charge in [0.05, 0.1) is 33.3 Å². The summed E-state index contributed by atoms with van der Waals surface area (Å²) in [7, 11) is -8.50. The number of alkyl halides is 2. The van der Waals surface area contributed by atoms with E-state index in [0.717, 1.165) is 17.7 Å². The highest BCUT2D eigenvalue weighted by Gasteiger charge is 2.35. The van der Waals surface area contributed by atoms with Crippen LogP contribution in [0.25, 0.3) is 5.69 Å². The molecule has 3 aromatic rings. The molecule has 0 aliphatic carbocycles. The summed E-state index contributed by atoms with van der Waals surface area (Å²) in [4.78, 5) is 12.2. The van der Waals surface area contributed by atoms with E-state index in [0.29, 0.717) is 5.69 Å². The maximum absolute atomic E-state index is 13.1. The molecule has 0 saturated carbocycles. The van der Waals surface area contributed by atoms with E-state index in [1.54, 1.807) is 24.3 Å². The van der Waals surface area contributed by atoms with Crippen LogP contribution in [-0.2, 0) is 31.2 Å². The maximum Gasteiger partial charge on any atom is 0.341 e. The Kier molecular flexibility index (Phi) is 5.37. The number of nitrogens with zero attached hydrogens (tertiary/aromatic N) is 2. The van der Waals surface area contributed by atoms with Crippen molar-refractivity contribution in [1.29, 1.82) is 0 Å². The molecule has 0 fully saturated rings. The molecule has 2 heterocycles. The Labute approximate surface area is 182 Å². The third kappa shape index (κ3) is 3.91. The fourth-order valence-corrected chi connectivity index (χ4v) is 5.84. The molecule has 4 rings (SSSR count). The van der Waals surface area contributed by atoms with Crippen molar-refractivity contribution in [3.05, 3.63) is 70.9 Å². The Hall–Kier alpha value is -3.12. The molecule has 32 heavy (non-hydrogen) atoms. The predicted octanol–water partition coefficient (Wildman–Crippen LogP) is 2.86. The fourth-order valence-electron chi connectivity index (χ4n) is 3.42. The van der Waals surface area contributed by atoms with E-state index in [1.807, 2.05) is 6.92 Å². The second kappa shape index (κ2) is 7.78. The quantitative estimate of drug-likeness (QED) is 0.599. The molecular weight excluding hydrogens is 464 g/mol. The van der Waals surface area contributed by atoms with Crippen LogP contribution in [0.1, 0.15) is 27.2 Å². The van der Waals surface area contributed by atoms with Gasteiger partial charge in [0.25, 0.3) is 5.91 Å². The smallest absolute Gasteiger partial charge is 0.306 e. The second-order valence-corrected chi connectivity index (χ2v) is 11.3. The van der Waals surface area contributed by atoms with Crippen LogP contribution in [0.4, 0.5) is 14.6 Å². The van der Waals surface area contributed by atoms with Crippen LogP contribution in [0.3, 0.4) is 0 Å². The first-order valence-corrected chi connectivity index (χ1v) is 12.7. The first kappa shape index (κ1) is 22.1. The molecule has 168 valence electrons. The average molecular weight is 482 g/mol. The standard InChI is InChI=1S/C20H17F2N3O5S2/c1-12-6-8-13(9-7-12)25-18(15-10-31(27,28)11-16(15)24-25)23-19(26)14-4-2-3-5-17(14)32(29,30)20(21)22/h2-9,20H,10-11H2,1H3,(H,23,26). The van der Waals surface area contributed by atoms with E-state index in [4.69, 9.17) is 0 Å². The Morgan fingerprint density at radius 1 is 1.09 bits per heavy atom. The number of rotatable bonds is 5. The molecule has 0 unspecified atom stereocenters. The third-order valence-electron chi connectivity index (χ3n) is 4.97. The summed E-state index contributed by atoms with van der Waals surface area (Å²) in [6.45, 7) is 1.88. The molecule has 12 heteroatoms. The monoisotopic (exact) mass is 481 g/mol. The first-order chi connectivity index (χ1) is 15.0. The van der Waals surface area contributed by atoms with Crippen molar-refractivity contribution in [3.8, 4) is 5.69 Å². The molecule has 8 nitrogen and oxygen atoms in total. The topological polar surface area (TPSA) is 115 Å². The van der Waals surface area contributed by atoms with E-state index < -0.39 is 41.8 Å². The zero-order chi connectivity index (χ0) is 23.3. The SMILES string of the molecule is Cc1ccc(-n2nc3c(c2NC(=O)c2ccccc2S(=O)(=O)C(F)F)CS(=O)(=O)C3)cc1. The molecule has 0 atom stereocenters. The van der Waals surface area contributed by atoms with Crippen LogP contribution < -0.4 is 5.32 Å². The highest BCUT2D eigenvalue weighted by Crippen LogP contribution is 2.33. The number of carbonyl (C=O) groups is 1. The minimum Gasteiger partial charge on any atom is -0.306 e. The molecular formula is C20H17F2N3O5S2. The van der Waals surface area contributed by atoms with E-state index in [9.17, 15) is 30.4 Å². The summed E-state index contributed by atoms with van der Waals surface area (Å²) < 4.78 is 75.8. The Morgan fingerprint density at radius 3 is 2.41 bits per heavy atom. The molecule has 0 saturated heterocycles. The molecule has 1 aliphatic rings. The molecule has 0 bridgehead atoms. The van der Waals surface area contributed by atoms with Crippen LogP contribution in [0.2, 0.25) is 0 Å². The summed E-state index contributed by atoms with van der Waals surface area (Å²) in [5, 5.41) is 6.81. The van der Waals surface area contributed by atoms with Gasteiger partial charge < -0.3 is 5.32 Å². The van der Waals surface area contributed by atoms with Crippen molar-refractivity contribution in [3.63, 3.8) is 0 Å². The van der Waals surface area contributed by atoms with E-state index in [1.165, 1.54) is 16.8 Å². The number of carbonyl (C=O) groups excluding carboxylic acids is 1. The van der Waals surface area contributed by atoms with Gasteiger partial charge in [-0.05, 0) is 31.2 Å². The fraction of sp³-hybridized carbons (Fsp3) is 0.200. The molecule has 1 N–H and O–H groups in total. The minimum atomic E-state index is -5.04. The number of fused-ring (bicyclic) bond motifs is 1. The van der Waals surface area contributed by atoms with Crippen molar-refractivity contribution in [2.75, 3.05) is 5.32 Å². The molecule has 0 spiro atoms. The van der Waals surface area contributed by atoms with Crippen molar-refractivity contribution in [2.24, 2.45) is 0 Å². The van der Waals surface area contributed by atoms with E-state index in [-0.39, 0.29) is 28.6 Å². The van der Waals surface area contributed by atoms with Crippen molar-refractivity contribution in [2.45, 2.75) is 29.1 Å². The van der Waals surface area contributed by atoms with Gasteiger partial charge in [-0.15, -0.1) is 0 Å². The lowest BCUT2D eigenvalue weighted by atomic mass is 10.2. The zero-order valence-electron chi connectivity index (χ0n) is 16.6. The predicted molar refractivity (Wildman–Crippen MR) is 112 cm³/mol. The average Bonchev–Trinajstić information content (AvgIpc) is 3.20. The largest absolute Gasteiger partial charge is 0.341 e. The normalized spacial score (nSPS) is 15.0. The summed E-state index contributed by atoms with van der Waals surface area (Å²) in [6, 6.07) is 11.6. The van der Waals surface area contributed by atoms with E-state index >= 15 is 0 Å². The number of aromatic nitrogens is 2. The molecule has 2 aromatic carbocycles. The third-order valence-corrected chi connectivity index (χ3v) is 7.85. The van der Waals surface area contributed by atoms with Gasteiger partial charge in [-0.3, -0.25) is 4.79 Å². The Balaban J connectivity index is 1.81. The summed E-state index contributed by atoms with van der Waals surface area (Å²) >= 11 is 0. The van der Waals surface area contributed by atoms with Crippen LogP contribution >= 0.6 is 0 Å². The summed E-state index contributed by atoms with van der Waals surface area (Å²) in [5.41, 5.74) is 1.54. The highest BCUT2D eigenvalue weighted by molar-refractivity contribution is 7.91. The van der Waals surface area contributed by atoms with Gasteiger partial charge >= 0.3 is 5.76 Å². The van der Waals surface area contributed by atoms with Gasteiger partial charge in [-0.1, -0.05) is 29.8 Å². The van der Waals surface area contributed by atoms with Gasteiger partial charge in [0.1, 0.15) is 5.82 Å². The molecule has 1 aromatic heterocycles. The number of amides is 1. The Morgan fingerprint density at radius 2 is 1.75 bits per heavy atom. The van der Waals surface area contributed by atoms with Crippen LogP contribution in [-0.4, -0.2) is 38.3 Å². The van der Waals surface area contributed by atoms with Crippen molar-refractivity contribution < 1.29 is 30.4 Å². The molecule has 1 aliphatic heterocycles. The highest BCUT2D eigenvalue weighted by atomic mass is 32.2. The van der Waals surface area contributed by atoms with Gasteiger partial charge in [0.2, 0.25) is 9.84 Å². The lowest BCUT2D eigenvalue weighted by Gasteiger charge is -2.13. The van der Waals surface area contributed by atoms with Crippen LogP contribution in [0.5, 0.6) is 0 Å². The lowest BCUT2D eigenvalue weighted by Crippen LogP contribution is -2.21. The zero-order valence-corrected chi connectivity index (χ0v) is 18.3. The summed E-state index contributed by atoms with van der Waals surface area (Å²) in [6.07, 6.45) is 0. The van der Waals surface area contributed by atoms with Crippen molar-refractivity contribution >= 4 is 31.4 Å². The second-order valence-electron chi connectivity index (χ2n) is 7.31. The number of hydrogen-bond acceptors (Lipinski definition) is 6. The summed E-state index contributed by atoms with van der Waals surface area (Å²) in [5.74, 6) is -5.31. The number of anilines is 1. The van der Waals surface area contributed by atoms with Crippen LogP contribution in [0.15, 0.2) is 53.4 Å². The van der Waals surface area contributed by atoms with Gasteiger partial charge in [-0.25, -0.2) is 21.5 Å².